The highest BCUT2D eigenvalue weighted by Gasteiger charge is 2.20. The van der Waals surface area contributed by atoms with Crippen molar-refractivity contribution in [3.8, 4) is 11.5 Å². The molecule has 0 unspecified atom stereocenters. The Balaban J connectivity index is 2.26. The molecule has 0 atom stereocenters. The summed E-state index contributed by atoms with van der Waals surface area (Å²) in [6.07, 6.45) is 7.17. The quantitative estimate of drug-likeness (QED) is 0.603. The summed E-state index contributed by atoms with van der Waals surface area (Å²) in [4.78, 5) is 23.7. The van der Waals surface area contributed by atoms with E-state index in [0.717, 1.165) is 18.9 Å². The van der Waals surface area contributed by atoms with Gasteiger partial charge in [0.15, 0.2) is 11.5 Å². The van der Waals surface area contributed by atoms with Gasteiger partial charge in [0.2, 0.25) is 5.91 Å². The second-order valence-electron chi connectivity index (χ2n) is 6.05. The first-order valence-corrected chi connectivity index (χ1v) is 8.45. The van der Waals surface area contributed by atoms with Crippen molar-refractivity contribution in [1.29, 1.82) is 0 Å². The van der Waals surface area contributed by atoms with E-state index in [0.29, 0.717) is 29.7 Å². The number of nitrogens with one attached hydrogen (secondary N) is 1. The molecule has 6 nitrogen and oxygen atoms in total. The molecular formula is C19H25NO5. The zero-order valence-corrected chi connectivity index (χ0v) is 14.8. The molecule has 0 aliphatic heterocycles. The SMILES string of the molecule is C=CC(=O)Nc1cc(OC)c(OCC2CCCCC2)cc1C(=O)OC. The molecule has 1 saturated carbocycles. The number of ether oxygens (including phenoxy) is 3. The van der Waals surface area contributed by atoms with Crippen LogP contribution >= 0.6 is 0 Å². The van der Waals surface area contributed by atoms with Crippen LogP contribution in [0.4, 0.5) is 5.69 Å². The van der Waals surface area contributed by atoms with Gasteiger partial charge in [0, 0.05) is 12.1 Å². The summed E-state index contributed by atoms with van der Waals surface area (Å²) < 4.78 is 16.1. The standard InChI is InChI=1S/C19H25NO5/c1-4-18(21)20-15-11-16(23-2)17(10-14(15)19(22)24-3)25-12-13-8-6-5-7-9-13/h4,10-11,13H,1,5-9,12H2,2-3H3,(H,20,21). The summed E-state index contributed by atoms with van der Waals surface area (Å²) in [6, 6.07) is 3.11. The average Bonchev–Trinajstić information content (AvgIpc) is 2.66. The lowest BCUT2D eigenvalue weighted by Gasteiger charge is -2.22. The second kappa shape index (κ2) is 9.11. The number of hydrogen-bond donors (Lipinski definition) is 1. The number of benzene rings is 1. The van der Waals surface area contributed by atoms with Crippen LogP contribution in [0.1, 0.15) is 42.5 Å². The van der Waals surface area contributed by atoms with E-state index >= 15 is 0 Å². The first-order valence-electron chi connectivity index (χ1n) is 8.45. The minimum Gasteiger partial charge on any atom is -0.493 e. The van der Waals surface area contributed by atoms with Gasteiger partial charge >= 0.3 is 5.97 Å². The van der Waals surface area contributed by atoms with Crippen LogP contribution in [0.25, 0.3) is 0 Å². The first kappa shape index (κ1) is 18.8. The summed E-state index contributed by atoms with van der Waals surface area (Å²) in [5.74, 6) is 0.431. The molecule has 0 spiro atoms. The lowest BCUT2D eigenvalue weighted by Crippen LogP contribution is -2.17. The highest BCUT2D eigenvalue weighted by Crippen LogP contribution is 2.35. The summed E-state index contributed by atoms with van der Waals surface area (Å²) in [5.41, 5.74) is 0.496. The molecule has 0 saturated heterocycles. The number of carbonyl (C=O) groups excluding carboxylic acids is 2. The summed E-state index contributed by atoms with van der Waals surface area (Å²) >= 11 is 0. The van der Waals surface area contributed by atoms with Gasteiger partial charge < -0.3 is 19.5 Å². The minimum atomic E-state index is -0.565. The predicted molar refractivity (Wildman–Crippen MR) is 95.2 cm³/mol. The minimum absolute atomic E-state index is 0.206. The third-order valence-corrected chi connectivity index (χ3v) is 4.35. The molecule has 136 valence electrons. The molecule has 1 amide bonds. The van der Waals surface area contributed by atoms with E-state index < -0.39 is 11.9 Å². The monoisotopic (exact) mass is 347 g/mol. The second-order valence-corrected chi connectivity index (χ2v) is 6.05. The van der Waals surface area contributed by atoms with Crippen LogP contribution in [0.3, 0.4) is 0 Å². The molecule has 25 heavy (non-hydrogen) atoms. The van der Waals surface area contributed by atoms with Crippen molar-refractivity contribution in [2.24, 2.45) is 5.92 Å². The van der Waals surface area contributed by atoms with Gasteiger partial charge in [0.1, 0.15) is 0 Å². The van der Waals surface area contributed by atoms with E-state index in [1.54, 1.807) is 12.1 Å². The average molecular weight is 347 g/mol. The molecule has 1 aromatic carbocycles. The molecule has 1 N–H and O–H groups in total. The normalized spacial score (nSPS) is 14.5. The van der Waals surface area contributed by atoms with Crippen LogP contribution in [0, 0.1) is 5.92 Å². The van der Waals surface area contributed by atoms with Gasteiger partial charge in [-0.15, -0.1) is 0 Å². The van der Waals surface area contributed by atoms with Gasteiger partial charge in [-0.2, -0.15) is 0 Å². The molecule has 2 rings (SSSR count). The number of esters is 1. The van der Waals surface area contributed by atoms with Gasteiger partial charge in [-0.25, -0.2) is 4.79 Å². The predicted octanol–water partition coefficient (Wildman–Crippen LogP) is 3.57. The van der Waals surface area contributed by atoms with Gasteiger partial charge in [-0.05, 0) is 24.8 Å². The van der Waals surface area contributed by atoms with Crippen LogP contribution in [-0.2, 0) is 9.53 Å². The maximum absolute atomic E-state index is 12.1. The van der Waals surface area contributed by atoms with Crippen molar-refractivity contribution >= 4 is 17.6 Å². The Morgan fingerprint density at radius 2 is 1.92 bits per heavy atom. The molecule has 0 bridgehead atoms. The Bertz CT molecular complexity index is 635. The number of methoxy groups -OCH3 is 2. The third kappa shape index (κ3) is 4.98. The molecule has 1 aliphatic rings. The Hall–Kier alpha value is -2.50. The van der Waals surface area contributed by atoms with Gasteiger partial charge in [0.25, 0.3) is 0 Å². The Labute approximate surface area is 148 Å². The van der Waals surface area contributed by atoms with E-state index in [9.17, 15) is 9.59 Å². The highest BCUT2D eigenvalue weighted by molar-refractivity contribution is 6.05. The van der Waals surface area contributed by atoms with Crippen LogP contribution in [0.5, 0.6) is 11.5 Å². The zero-order chi connectivity index (χ0) is 18.2. The van der Waals surface area contributed by atoms with Gasteiger partial charge in [0.05, 0.1) is 32.1 Å². The van der Waals surface area contributed by atoms with Crippen molar-refractivity contribution < 1.29 is 23.8 Å². The Kier molecular flexibility index (Phi) is 6.86. The zero-order valence-electron chi connectivity index (χ0n) is 14.8. The van der Waals surface area contributed by atoms with Crippen molar-refractivity contribution in [2.75, 3.05) is 26.1 Å². The van der Waals surface area contributed by atoms with Crippen LogP contribution in [0.15, 0.2) is 24.8 Å². The number of carbonyl (C=O) groups is 2. The smallest absolute Gasteiger partial charge is 0.340 e. The molecule has 6 heteroatoms. The van der Waals surface area contributed by atoms with Crippen molar-refractivity contribution in [3.63, 3.8) is 0 Å². The third-order valence-electron chi connectivity index (χ3n) is 4.35. The van der Waals surface area contributed by atoms with Gasteiger partial charge in [-0.1, -0.05) is 25.8 Å². The fourth-order valence-corrected chi connectivity index (χ4v) is 2.96. The van der Waals surface area contributed by atoms with Crippen LogP contribution in [0.2, 0.25) is 0 Å². The van der Waals surface area contributed by atoms with E-state index in [1.165, 1.54) is 33.5 Å². The molecule has 0 radical (unpaired) electrons. The first-order chi connectivity index (χ1) is 12.1. The van der Waals surface area contributed by atoms with E-state index in [-0.39, 0.29) is 5.56 Å². The largest absolute Gasteiger partial charge is 0.493 e. The summed E-state index contributed by atoms with van der Waals surface area (Å²) in [5, 5.41) is 2.59. The van der Waals surface area contributed by atoms with E-state index in [1.807, 2.05) is 0 Å². The highest BCUT2D eigenvalue weighted by atomic mass is 16.5. The maximum Gasteiger partial charge on any atom is 0.340 e. The molecule has 0 heterocycles. The summed E-state index contributed by atoms with van der Waals surface area (Å²) in [6.45, 7) is 3.99. The molecule has 1 fully saturated rings. The lowest BCUT2D eigenvalue weighted by atomic mass is 9.90. The maximum atomic E-state index is 12.1. The molecular weight excluding hydrogens is 322 g/mol. The summed E-state index contributed by atoms with van der Waals surface area (Å²) in [7, 11) is 2.80. The van der Waals surface area contributed by atoms with Crippen molar-refractivity contribution in [1.82, 2.24) is 0 Å². The fraction of sp³-hybridized carbons (Fsp3) is 0.474. The van der Waals surface area contributed by atoms with Crippen LogP contribution in [-0.4, -0.2) is 32.7 Å². The fourth-order valence-electron chi connectivity index (χ4n) is 2.96. The number of anilines is 1. The molecule has 1 aromatic rings. The topological polar surface area (TPSA) is 73.9 Å². The van der Waals surface area contributed by atoms with Crippen molar-refractivity contribution in [3.05, 3.63) is 30.4 Å². The Morgan fingerprint density at radius 3 is 2.52 bits per heavy atom. The van der Waals surface area contributed by atoms with Crippen molar-refractivity contribution in [2.45, 2.75) is 32.1 Å². The molecule has 0 aromatic heterocycles. The van der Waals surface area contributed by atoms with E-state index in [4.69, 9.17) is 14.2 Å². The number of hydrogen-bond acceptors (Lipinski definition) is 5. The number of rotatable bonds is 7. The van der Waals surface area contributed by atoms with Gasteiger partial charge in [-0.3, -0.25) is 4.79 Å². The lowest BCUT2D eigenvalue weighted by molar-refractivity contribution is -0.111. The van der Waals surface area contributed by atoms with Crippen LogP contribution < -0.4 is 14.8 Å². The Morgan fingerprint density at radius 1 is 1.20 bits per heavy atom. The van der Waals surface area contributed by atoms with E-state index in [2.05, 4.69) is 11.9 Å². The molecule has 1 aliphatic carbocycles. The number of amides is 1.